The molecule has 0 unspecified atom stereocenters. The molecule has 0 N–H and O–H groups in total. The van der Waals surface area contributed by atoms with Gasteiger partial charge in [0.2, 0.25) is 5.91 Å². The van der Waals surface area contributed by atoms with Gasteiger partial charge in [0, 0.05) is 50.9 Å². The van der Waals surface area contributed by atoms with E-state index in [9.17, 15) is 9.59 Å². The number of nitrogens with zero attached hydrogens (tertiary/aromatic N) is 3. The molecule has 0 atom stereocenters. The van der Waals surface area contributed by atoms with Gasteiger partial charge in [-0.25, -0.2) is 4.79 Å². The molecule has 3 rings (SSSR count). The van der Waals surface area contributed by atoms with Crippen molar-refractivity contribution in [2.24, 2.45) is 5.41 Å². The van der Waals surface area contributed by atoms with Gasteiger partial charge >= 0.3 is 6.09 Å². The van der Waals surface area contributed by atoms with Gasteiger partial charge in [0.05, 0.1) is 6.61 Å². The van der Waals surface area contributed by atoms with E-state index in [2.05, 4.69) is 11.9 Å². The molecule has 2 saturated heterocycles. The molecule has 2 amide bonds. The zero-order chi connectivity index (χ0) is 19.1. The zero-order valence-corrected chi connectivity index (χ0v) is 16.4. The van der Waals surface area contributed by atoms with Gasteiger partial charge in [0.15, 0.2) is 0 Å². The molecule has 0 saturated carbocycles. The second-order valence-electron chi connectivity index (χ2n) is 7.84. The first-order chi connectivity index (χ1) is 13.1. The second-order valence-corrected chi connectivity index (χ2v) is 7.84. The first-order valence-corrected chi connectivity index (χ1v) is 10.2. The normalized spacial score (nSPS) is 19.4. The molecule has 6 heteroatoms. The topological polar surface area (TPSA) is 62.7 Å². The molecule has 2 aliphatic rings. The predicted octanol–water partition coefficient (Wildman–Crippen LogP) is 3.27. The third-order valence-electron chi connectivity index (χ3n) is 5.92. The molecular weight excluding hydrogens is 342 g/mol. The third-order valence-corrected chi connectivity index (χ3v) is 5.92. The first kappa shape index (κ1) is 19.6. The van der Waals surface area contributed by atoms with E-state index in [1.54, 1.807) is 6.20 Å². The van der Waals surface area contributed by atoms with Gasteiger partial charge in [0.1, 0.15) is 0 Å². The number of carbonyl (C=O) groups is 2. The van der Waals surface area contributed by atoms with E-state index in [4.69, 9.17) is 4.74 Å². The van der Waals surface area contributed by atoms with Crippen LogP contribution in [0.15, 0.2) is 24.4 Å². The zero-order valence-electron chi connectivity index (χ0n) is 16.4. The molecule has 1 spiro atoms. The van der Waals surface area contributed by atoms with Crippen LogP contribution in [0.1, 0.15) is 51.1 Å². The molecule has 0 bridgehead atoms. The summed E-state index contributed by atoms with van der Waals surface area (Å²) in [6, 6.07) is 5.90. The summed E-state index contributed by atoms with van der Waals surface area (Å²) in [4.78, 5) is 32.7. The fourth-order valence-corrected chi connectivity index (χ4v) is 4.07. The largest absolute Gasteiger partial charge is 0.449 e. The Morgan fingerprint density at radius 2 is 2.07 bits per heavy atom. The monoisotopic (exact) mass is 373 g/mol. The molecule has 0 radical (unpaired) electrons. The van der Waals surface area contributed by atoms with Crippen molar-refractivity contribution in [3.63, 3.8) is 0 Å². The Balaban J connectivity index is 1.50. The van der Waals surface area contributed by atoms with Gasteiger partial charge in [-0.1, -0.05) is 19.4 Å². The van der Waals surface area contributed by atoms with E-state index in [0.29, 0.717) is 13.0 Å². The number of rotatable bonds is 6. The van der Waals surface area contributed by atoms with Crippen LogP contribution in [0.2, 0.25) is 0 Å². The van der Waals surface area contributed by atoms with Crippen LogP contribution in [0.4, 0.5) is 4.79 Å². The van der Waals surface area contributed by atoms with Crippen LogP contribution >= 0.6 is 0 Å². The number of likely N-dealkylation sites (tertiary alicyclic amines) is 2. The number of hydrogen-bond acceptors (Lipinski definition) is 4. The minimum Gasteiger partial charge on any atom is -0.449 e. The molecule has 2 aliphatic heterocycles. The quantitative estimate of drug-likeness (QED) is 0.718. The van der Waals surface area contributed by atoms with Crippen molar-refractivity contribution in [1.29, 1.82) is 0 Å². The lowest BCUT2D eigenvalue weighted by Crippen LogP contribution is -2.52. The molecule has 1 aromatic heterocycles. The summed E-state index contributed by atoms with van der Waals surface area (Å²) >= 11 is 0. The summed E-state index contributed by atoms with van der Waals surface area (Å²) in [5, 5.41) is 0. The Morgan fingerprint density at radius 3 is 2.78 bits per heavy atom. The first-order valence-electron chi connectivity index (χ1n) is 10.2. The van der Waals surface area contributed by atoms with E-state index in [0.717, 1.165) is 70.4 Å². The average Bonchev–Trinajstić information content (AvgIpc) is 2.70. The van der Waals surface area contributed by atoms with E-state index in [-0.39, 0.29) is 17.4 Å². The Bertz CT molecular complexity index is 627. The lowest BCUT2D eigenvalue weighted by Gasteiger charge is -2.47. The van der Waals surface area contributed by atoms with Crippen LogP contribution < -0.4 is 0 Å². The SMILES string of the molecule is CCCCOC(=O)N1CCC2(CCC(=O)N(CCc3ccccn3)C2)CC1. The molecule has 1 aromatic rings. The van der Waals surface area contributed by atoms with Crippen molar-refractivity contribution < 1.29 is 14.3 Å². The molecule has 2 fully saturated rings. The maximum absolute atomic E-state index is 12.4. The van der Waals surface area contributed by atoms with Crippen molar-refractivity contribution >= 4 is 12.0 Å². The molecule has 148 valence electrons. The van der Waals surface area contributed by atoms with Gasteiger partial charge < -0.3 is 14.5 Å². The lowest BCUT2D eigenvalue weighted by molar-refractivity contribution is -0.139. The molecule has 0 aromatic carbocycles. The van der Waals surface area contributed by atoms with Gasteiger partial charge in [-0.3, -0.25) is 9.78 Å². The van der Waals surface area contributed by atoms with Gasteiger partial charge in [-0.15, -0.1) is 0 Å². The van der Waals surface area contributed by atoms with Crippen molar-refractivity contribution in [2.45, 2.75) is 51.9 Å². The van der Waals surface area contributed by atoms with Crippen LogP contribution in [-0.2, 0) is 16.0 Å². The summed E-state index contributed by atoms with van der Waals surface area (Å²) in [5.41, 5.74) is 1.17. The summed E-state index contributed by atoms with van der Waals surface area (Å²) in [6.45, 7) is 5.58. The average molecular weight is 373 g/mol. The summed E-state index contributed by atoms with van der Waals surface area (Å²) in [7, 11) is 0. The van der Waals surface area contributed by atoms with Crippen molar-refractivity contribution in [1.82, 2.24) is 14.8 Å². The molecule has 27 heavy (non-hydrogen) atoms. The van der Waals surface area contributed by atoms with Crippen molar-refractivity contribution in [2.75, 3.05) is 32.8 Å². The lowest BCUT2D eigenvalue weighted by atomic mass is 9.72. The smallest absolute Gasteiger partial charge is 0.409 e. The van der Waals surface area contributed by atoms with Crippen LogP contribution in [0.5, 0.6) is 0 Å². The summed E-state index contributed by atoms with van der Waals surface area (Å²) < 4.78 is 5.34. The Morgan fingerprint density at radius 1 is 1.26 bits per heavy atom. The van der Waals surface area contributed by atoms with E-state index < -0.39 is 0 Å². The number of unbranched alkanes of at least 4 members (excludes halogenated alkanes) is 1. The Labute approximate surface area is 161 Å². The van der Waals surface area contributed by atoms with Crippen molar-refractivity contribution in [3.8, 4) is 0 Å². The molecule has 6 nitrogen and oxygen atoms in total. The number of hydrogen-bond donors (Lipinski definition) is 0. The third kappa shape index (κ3) is 5.21. The van der Waals surface area contributed by atoms with Crippen LogP contribution in [-0.4, -0.2) is 59.6 Å². The number of amides is 2. The molecular formula is C21H31N3O3. The highest BCUT2D eigenvalue weighted by Gasteiger charge is 2.41. The summed E-state index contributed by atoms with van der Waals surface area (Å²) in [5.74, 6) is 0.248. The number of ether oxygens (including phenoxy) is 1. The van der Waals surface area contributed by atoms with Gasteiger partial charge in [-0.05, 0) is 43.2 Å². The second kappa shape index (κ2) is 9.20. The van der Waals surface area contributed by atoms with Crippen molar-refractivity contribution in [3.05, 3.63) is 30.1 Å². The van der Waals surface area contributed by atoms with E-state index >= 15 is 0 Å². The molecule has 0 aliphatic carbocycles. The number of piperidine rings is 2. The highest BCUT2D eigenvalue weighted by Crippen LogP contribution is 2.40. The van der Waals surface area contributed by atoms with Gasteiger partial charge in [0.25, 0.3) is 0 Å². The fraction of sp³-hybridized carbons (Fsp3) is 0.667. The van der Waals surface area contributed by atoms with Crippen LogP contribution in [0.25, 0.3) is 0 Å². The van der Waals surface area contributed by atoms with E-state index in [1.165, 1.54) is 0 Å². The standard InChI is InChI=1S/C21H31N3O3/c1-2-3-16-27-20(26)23-14-10-21(11-15-23)9-7-19(25)24(17-21)13-8-18-6-4-5-12-22-18/h4-6,12H,2-3,7-11,13-17H2,1H3. The molecule has 3 heterocycles. The number of aromatic nitrogens is 1. The fourth-order valence-electron chi connectivity index (χ4n) is 4.07. The predicted molar refractivity (Wildman–Crippen MR) is 103 cm³/mol. The Hall–Kier alpha value is -2.11. The van der Waals surface area contributed by atoms with Crippen LogP contribution in [0.3, 0.4) is 0 Å². The number of pyridine rings is 1. The number of carbonyl (C=O) groups excluding carboxylic acids is 2. The maximum atomic E-state index is 12.4. The highest BCUT2D eigenvalue weighted by molar-refractivity contribution is 5.77. The minimum absolute atomic E-state index is 0.151. The summed E-state index contributed by atoms with van der Waals surface area (Å²) in [6.07, 6.45) is 7.79. The van der Waals surface area contributed by atoms with Crippen LogP contribution in [0, 0.1) is 5.41 Å². The maximum Gasteiger partial charge on any atom is 0.409 e. The minimum atomic E-state index is -0.183. The Kier molecular flexibility index (Phi) is 6.69. The highest BCUT2D eigenvalue weighted by atomic mass is 16.6. The van der Waals surface area contributed by atoms with E-state index in [1.807, 2.05) is 28.0 Å². The van der Waals surface area contributed by atoms with Gasteiger partial charge in [-0.2, -0.15) is 0 Å².